The molecule has 5 nitrogen and oxygen atoms in total. The number of nitrogens with zero attached hydrogens (tertiary/aromatic N) is 3. The predicted molar refractivity (Wildman–Crippen MR) is 116 cm³/mol. The smallest absolute Gasteiger partial charge is 0.255 e. The van der Waals surface area contributed by atoms with Gasteiger partial charge in [-0.15, -0.1) is 0 Å². The average Bonchev–Trinajstić information content (AvgIpc) is 2.69. The predicted octanol–water partition coefficient (Wildman–Crippen LogP) is 4.00. The Kier molecular flexibility index (Phi) is 5.09. The van der Waals surface area contributed by atoms with Gasteiger partial charge >= 0.3 is 0 Å². The van der Waals surface area contributed by atoms with E-state index in [1.54, 1.807) is 0 Å². The van der Waals surface area contributed by atoms with Gasteiger partial charge in [0.1, 0.15) is 5.82 Å². The molecule has 0 spiro atoms. The Morgan fingerprint density at radius 1 is 1.10 bits per heavy atom. The van der Waals surface area contributed by atoms with E-state index >= 15 is 0 Å². The lowest BCUT2D eigenvalue weighted by Gasteiger charge is -2.28. The van der Waals surface area contributed by atoms with Crippen molar-refractivity contribution in [2.75, 3.05) is 6.54 Å². The number of hydrogen-bond acceptors (Lipinski definition) is 4. The summed E-state index contributed by atoms with van der Waals surface area (Å²) in [4.78, 5) is 27.3. The van der Waals surface area contributed by atoms with Crippen molar-refractivity contribution in [1.29, 1.82) is 0 Å². The molecule has 0 radical (unpaired) electrons. The van der Waals surface area contributed by atoms with E-state index in [-0.39, 0.29) is 11.0 Å². The number of hydrogen-bond donors (Lipinski definition) is 1. The van der Waals surface area contributed by atoms with E-state index in [0.29, 0.717) is 6.54 Å². The summed E-state index contributed by atoms with van der Waals surface area (Å²) in [6.07, 6.45) is 2.74. The van der Waals surface area contributed by atoms with Crippen molar-refractivity contribution in [2.24, 2.45) is 0 Å². The lowest BCUT2D eigenvalue weighted by Crippen LogP contribution is -2.37. The summed E-state index contributed by atoms with van der Waals surface area (Å²) in [5.41, 5.74) is 6.09. The van der Waals surface area contributed by atoms with Crippen molar-refractivity contribution in [2.45, 2.75) is 52.6 Å². The molecule has 1 aromatic carbocycles. The van der Waals surface area contributed by atoms with Crippen LogP contribution in [0.5, 0.6) is 0 Å². The topological polar surface area (TPSA) is 61.9 Å². The van der Waals surface area contributed by atoms with Crippen LogP contribution >= 0.6 is 0 Å². The summed E-state index contributed by atoms with van der Waals surface area (Å²) in [5, 5.41) is 0. The fourth-order valence-corrected chi connectivity index (χ4v) is 3.64. The van der Waals surface area contributed by atoms with Gasteiger partial charge in [0.2, 0.25) is 0 Å². The Labute approximate surface area is 171 Å². The van der Waals surface area contributed by atoms with Crippen LogP contribution in [0.4, 0.5) is 0 Å². The summed E-state index contributed by atoms with van der Waals surface area (Å²) in [5.74, 6) is 0.769. The molecule has 0 fully saturated rings. The van der Waals surface area contributed by atoms with Gasteiger partial charge in [-0.2, -0.15) is 0 Å². The van der Waals surface area contributed by atoms with Crippen molar-refractivity contribution in [3.8, 4) is 11.3 Å². The summed E-state index contributed by atoms with van der Waals surface area (Å²) in [6.45, 7) is 10.6. The maximum atomic E-state index is 12.6. The second kappa shape index (κ2) is 7.56. The molecular weight excluding hydrogens is 360 g/mol. The van der Waals surface area contributed by atoms with Gasteiger partial charge in [-0.05, 0) is 18.6 Å². The lowest BCUT2D eigenvalue weighted by molar-refractivity contribution is 0.240. The monoisotopic (exact) mass is 388 g/mol. The zero-order valence-electron chi connectivity index (χ0n) is 17.6. The summed E-state index contributed by atoms with van der Waals surface area (Å²) in [7, 11) is 0. The molecule has 2 aromatic heterocycles. The third kappa shape index (κ3) is 4.30. The molecule has 5 heteroatoms. The van der Waals surface area contributed by atoms with Crippen LogP contribution in [0.25, 0.3) is 11.3 Å². The number of fused-ring (bicyclic) bond motifs is 1. The second-order valence-electron chi connectivity index (χ2n) is 8.97. The molecule has 150 valence electrons. The minimum absolute atomic E-state index is 0.00234. The molecule has 1 N–H and O–H groups in total. The van der Waals surface area contributed by atoms with Crippen molar-refractivity contribution >= 4 is 0 Å². The van der Waals surface area contributed by atoms with Gasteiger partial charge in [0, 0.05) is 43.2 Å². The summed E-state index contributed by atoms with van der Waals surface area (Å²) < 4.78 is 0. The fourth-order valence-electron chi connectivity index (χ4n) is 3.64. The number of nitrogens with one attached hydrogen (secondary N) is 1. The largest absolute Gasteiger partial charge is 0.310 e. The summed E-state index contributed by atoms with van der Waals surface area (Å²) >= 11 is 0. The number of aromatic nitrogens is 3. The molecule has 1 aliphatic heterocycles. The van der Waals surface area contributed by atoms with Crippen LogP contribution in [-0.2, 0) is 24.9 Å². The zero-order chi connectivity index (χ0) is 20.6. The van der Waals surface area contributed by atoms with Crippen LogP contribution < -0.4 is 5.56 Å². The van der Waals surface area contributed by atoms with Gasteiger partial charge in [-0.1, -0.05) is 56.7 Å². The van der Waals surface area contributed by atoms with Crippen LogP contribution in [0.15, 0.2) is 47.4 Å². The SMILES string of the molecule is Cc1ccc(-c2ccc(CN3CCc4nc(C(C)(C)C)[nH]c(=O)c4C3)cn2)cc1. The van der Waals surface area contributed by atoms with Crippen LogP contribution in [0, 0.1) is 6.92 Å². The van der Waals surface area contributed by atoms with E-state index in [2.05, 4.69) is 79.0 Å². The van der Waals surface area contributed by atoms with Crippen molar-refractivity contribution in [3.63, 3.8) is 0 Å². The lowest BCUT2D eigenvalue weighted by atomic mass is 9.95. The van der Waals surface area contributed by atoms with E-state index < -0.39 is 0 Å². The number of benzene rings is 1. The number of rotatable bonds is 3. The van der Waals surface area contributed by atoms with Gasteiger partial charge in [-0.3, -0.25) is 14.7 Å². The van der Waals surface area contributed by atoms with Gasteiger partial charge in [0.05, 0.1) is 17.0 Å². The molecule has 3 aromatic rings. The standard InChI is InChI=1S/C24H28N4O/c1-16-5-8-18(9-6-16)20-10-7-17(13-25-20)14-28-12-11-21-19(15-28)22(29)27-23(26-21)24(2,3)4/h5-10,13H,11-12,14-15H2,1-4H3,(H,26,27,29). The van der Waals surface area contributed by atoms with Crippen LogP contribution in [0.1, 0.15) is 49.0 Å². The highest BCUT2D eigenvalue weighted by Crippen LogP contribution is 2.22. The maximum absolute atomic E-state index is 12.6. The number of pyridine rings is 1. The third-order valence-corrected chi connectivity index (χ3v) is 5.44. The van der Waals surface area contributed by atoms with Crippen molar-refractivity contribution in [3.05, 3.63) is 81.2 Å². The molecular formula is C24H28N4O. The molecule has 0 saturated heterocycles. The van der Waals surface area contributed by atoms with Gasteiger partial charge in [0.15, 0.2) is 0 Å². The number of aromatic amines is 1. The first-order chi connectivity index (χ1) is 13.8. The molecule has 0 amide bonds. The molecule has 0 bridgehead atoms. The first-order valence-electron chi connectivity index (χ1n) is 10.2. The molecule has 0 unspecified atom stereocenters. The Balaban J connectivity index is 1.48. The quantitative estimate of drug-likeness (QED) is 0.737. The third-order valence-electron chi connectivity index (χ3n) is 5.44. The Morgan fingerprint density at radius 3 is 2.52 bits per heavy atom. The minimum Gasteiger partial charge on any atom is -0.310 e. The Morgan fingerprint density at radius 2 is 1.86 bits per heavy atom. The van der Waals surface area contributed by atoms with Crippen LogP contribution in [-0.4, -0.2) is 26.4 Å². The normalized spacial score (nSPS) is 14.6. The van der Waals surface area contributed by atoms with E-state index in [4.69, 9.17) is 4.98 Å². The van der Waals surface area contributed by atoms with Gasteiger partial charge < -0.3 is 4.98 Å². The minimum atomic E-state index is -0.157. The van der Waals surface area contributed by atoms with Gasteiger partial charge in [-0.25, -0.2) is 4.98 Å². The van der Waals surface area contributed by atoms with Crippen molar-refractivity contribution < 1.29 is 0 Å². The fraction of sp³-hybridized carbons (Fsp3) is 0.375. The van der Waals surface area contributed by atoms with Gasteiger partial charge in [0.25, 0.3) is 5.56 Å². The van der Waals surface area contributed by atoms with Crippen LogP contribution in [0.2, 0.25) is 0 Å². The average molecular weight is 389 g/mol. The van der Waals surface area contributed by atoms with E-state index in [1.807, 2.05) is 6.20 Å². The van der Waals surface area contributed by atoms with E-state index in [9.17, 15) is 4.79 Å². The van der Waals surface area contributed by atoms with Crippen molar-refractivity contribution in [1.82, 2.24) is 19.9 Å². The zero-order valence-corrected chi connectivity index (χ0v) is 17.6. The van der Waals surface area contributed by atoms with E-state index in [1.165, 1.54) is 5.56 Å². The molecule has 1 aliphatic rings. The summed E-state index contributed by atoms with van der Waals surface area (Å²) in [6, 6.07) is 12.6. The highest BCUT2D eigenvalue weighted by Gasteiger charge is 2.24. The Hall–Kier alpha value is -2.79. The number of aryl methyl sites for hydroxylation is 1. The molecule has 3 heterocycles. The first kappa shape index (κ1) is 19.5. The molecule has 0 aliphatic carbocycles. The molecule has 4 rings (SSSR count). The number of H-pyrrole nitrogens is 1. The van der Waals surface area contributed by atoms with Crippen LogP contribution in [0.3, 0.4) is 0 Å². The Bertz CT molecular complexity index is 1060. The molecule has 0 atom stereocenters. The highest BCUT2D eigenvalue weighted by molar-refractivity contribution is 5.59. The van der Waals surface area contributed by atoms with E-state index in [0.717, 1.165) is 53.4 Å². The first-order valence-corrected chi connectivity index (χ1v) is 10.2. The maximum Gasteiger partial charge on any atom is 0.255 e. The second-order valence-corrected chi connectivity index (χ2v) is 8.97. The molecule has 0 saturated carbocycles. The highest BCUT2D eigenvalue weighted by atomic mass is 16.1. The molecule has 29 heavy (non-hydrogen) atoms.